The molecular weight excluding hydrogens is 400 g/mol. The van der Waals surface area contributed by atoms with Crippen LogP contribution in [0.2, 0.25) is 0 Å². The van der Waals surface area contributed by atoms with Gasteiger partial charge in [-0.1, -0.05) is 18.7 Å². The molecule has 26 heavy (non-hydrogen) atoms. The number of hydrogen-bond donors (Lipinski definition) is 0. The van der Waals surface area contributed by atoms with Gasteiger partial charge in [-0.15, -0.1) is 0 Å². The van der Waals surface area contributed by atoms with Crippen LogP contribution in [0.15, 0.2) is 36.1 Å². The van der Waals surface area contributed by atoms with Crippen molar-refractivity contribution in [2.24, 2.45) is 0 Å². The summed E-state index contributed by atoms with van der Waals surface area (Å²) in [6.07, 6.45) is 8.00. The molecular formula is C15H23NNa2O6S2. The summed E-state index contributed by atoms with van der Waals surface area (Å²) in [6.45, 7) is 5.03. The van der Waals surface area contributed by atoms with Gasteiger partial charge in [-0.05, 0) is 37.3 Å². The Hall–Kier alpha value is 0.840. The molecule has 0 atom stereocenters. The van der Waals surface area contributed by atoms with Gasteiger partial charge in [0.15, 0.2) is 0 Å². The Morgan fingerprint density at radius 3 is 1.77 bits per heavy atom. The average Bonchev–Trinajstić information content (AvgIpc) is 2.43. The van der Waals surface area contributed by atoms with Gasteiger partial charge in [-0.2, -0.15) is 0 Å². The Morgan fingerprint density at radius 2 is 1.38 bits per heavy atom. The standard InChI is InChI=1S/C15H25NO6S2.2Na/c1-14-7-6-8-15(13-14)16(9-2-4-11-23(17,18)19)10-3-5-12-24(20,21)22;;/h6-8H,1-5,9-13H2,(H,17,18,19)(H,20,21,22);;/q;2*+1/p-2. The molecule has 0 aromatic heterocycles. The Morgan fingerprint density at radius 1 is 0.923 bits per heavy atom. The van der Waals surface area contributed by atoms with E-state index in [2.05, 4.69) is 6.58 Å². The average molecular weight is 423 g/mol. The summed E-state index contributed by atoms with van der Waals surface area (Å²) in [5, 5.41) is 0. The molecule has 0 saturated carbocycles. The fraction of sp³-hybridized carbons (Fsp3) is 0.600. The monoisotopic (exact) mass is 423 g/mol. The number of hydrogen-bond acceptors (Lipinski definition) is 7. The van der Waals surface area contributed by atoms with Crippen LogP contribution in [0.1, 0.15) is 32.1 Å². The molecule has 0 aromatic carbocycles. The first kappa shape index (κ1) is 29.0. The molecule has 11 heteroatoms. The van der Waals surface area contributed by atoms with Crippen LogP contribution in [0.25, 0.3) is 0 Å². The molecule has 1 aliphatic rings. The second kappa shape index (κ2) is 13.9. The van der Waals surface area contributed by atoms with Gasteiger partial charge < -0.3 is 14.0 Å². The molecule has 0 radical (unpaired) electrons. The maximum Gasteiger partial charge on any atom is 1.00 e. The summed E-state index contributed by atoms with van der Waals surface area (Å²) >= 11 is 0. The van der Waals surface area contributed by atoms with Crippen LogP contribution in [0.4, 0.5) is 0 Å². The minimum absolute atomic E-state index is 0. The van der Waals surface area contributed by atoms with Gasteiger partial charge in [-0.25, -0.2) is 16.8 Å². The first-order valence-electron chi connectivity index (χ1n) is 7.74. The van der Waals surface area contributed by atoms with Gasteiger partial charge in [0.25, 0.3) is 0 Å². The van der Waals surface area contributed by atoms with E-state index in [1.165, 1.54) is 0 Å². The second-order valence-electron chi connectivity index (χ2n) is 5.78. The maximum absolute atomic E-state index is 10.6. The Labute approximate surface area is 201 Å². The van der Waals surface area contributed by atoms with E-state index in [1.54, 1.807) is 0 Å². The summed E-state index contributed by atoms with van der Waals surface area (Å²) in [7, 11) is -8.41. The first-order valence-corrected chi connectivity index (χ1v) is 10.9. The van der Waals surface area contributed by atoms with Crippen molar-refractivity contribution in [2.75, 3.05) is 24.6 Å². The van der Waals surface area contributed by atoms with Gasteiger partial charge in [0.05, 0.1) is 20.2 Å². The van der Waals surface area contributed by atoms with Crippen LogP contribution in [-0.2, 0) is 20.2 Å². The number of allylic oxidation sites excluding steroid dienone is 4. The SMILES string of the molecule is C=C1C=CC=C(N(CCCCS(=O)(=O)[O-])CCCCS(=O)(=O)[O-])C1.[Na+].[Na+]. The maximum atomic E-state index is 10.6. The molecule has 138 valence electrons. The predicted molar refractivity (Wildman–Crippen MR) is 90.1 cm³/mol. The molecule has 1 aliphatic carbocycles. The molecule has 0 aromatic rings. The van der Waals surface area contributed by atoms with Crippen molar-refractivity contribution in [3.63, 3.8) is 0 Å². The van der Waals surface area contributed by atoms with E-state index in [9.17, 15) is 25.9 Å². The molecule has 0 aliphatic heterocycles. The van der Waals surface area contributed by atoms with E-state index in [4.69, 9.17) is 0 Å². The minimum Gasteiger partial charge on any atom is -0.748 e. The number of nitrogens with zero attached hydrogens (tertiary/aromatic N) is 1. The first-order chi connectivity index (χ1) is 11.1. The van der Waals surface area contributed by atoms with E-state index in [1.807, 2.05) is 23.1 Å². The van der Waals surface area contributed by atoms with Crippen molar-refractivity contribution in [1.29, 1.82) is 0 Å². The van der Waals surface area contributed by atoms with Crippen molar-refractivity contribution in [1.82, 2.24) is 4.90 Å². The molecule has 0 spiro atoms. The molecule has 0 bridgehead atoms. The molecule has 0 fully saturated rings. The van der Waals surface area contributed by atoms with Crippen LogP contribution < -0.4 is 59.1 Å². The Bertz CT molecular complexity index is 662. The third-order valence-corrected chi connectivity index (χ3v) is 5.16. The molecule has 1 rings (SSSR count). The molecule has 0 N–H and O–H groups in total. The smallest absolute Gasteiger partial charge is 0.748 e. The van der Waals surface area contributed by atoms with Crippen molar-refractivity contribution >= 4 is 20.2 Å². The number of unbranched alkanes of at least 4 members (excludes halogenated alkanes) is 2. The Kier molecular flexibility index (Phi) is 15.6. The van der Waals surface area contributed by atoms with Crippen LogP contribution in [0, 0.1) is 0 Å². The third-order valence-electron chi connectivity index (χ3n) is 3.58. The zero-order valence-corrected chi connectivity index (χ0v) is 21.1. The fourth-order valence-corrected chi connectivity index (χ4v) is 3.54. The molecule has 0 amide bonds. The van der Waals surface area contributed by atoms with E-state index in [-0.39, 0.29) is 83.5 Å². The zero-order valence-electron chi connectivity index (χ0n) is 15.5. The molecule has 0 heterocycles. The molecule has 0 unspecified atom stereocenters. The normalized spacial score (nSPS) is 14.2. The van der Waals surface area contributed by atoms with E-state index < -0.39 is 20.2 Å². The van der Waals surface area contributed by atoms with Crippen LogP contribution in [-0.4, -0.2) is 55.4 Å². The zero-order chi connectivity index (χ0) is 18.2. The summed E-state index contributed by atoms with van der Waals surface area (Å²) in [5.41, 5.74) is 1.96. The summed E-state index contributed by atoms with van der Waals surface area (Å²) in [6, 6.07) is 0. The van der Waals surface area contributed by atoms with Gasteiger partial charge in [0.1, 0.15) is 0 Å². The van der Waals surface area contributed by atoms with Gasteiger partial charge >= 0.3 is 59.1 Å². The molecule has 7 nitrogen and oxygen atoms in total. The number of rotatable bonds is 11. The second-order valence-corrected chi connectivity index (χ2v) is 8.82. The topological polar surface area (TPSA) is 118 Å². The van der Waals surface area contributed by atoms with Gasteiger partial charge in [0, 0.05) is 36.7 Å². The molecule has 0 saturated heterocycles. The van der Waals surface area contributed by atoms with Crippen molar-refractivity contribution in [3.8, 4) is 0 Å². The fourth-order valence-electron chi connectivity index (χ4n) is 2.42. The van der Waals surface area contributed by atoms with E-state index in [0.717, 1.165) is 11.3 Å². The van der Waals surface area contributed by atoms with Crippen molar-refractivity contribution < 1.29 is 85.1 Å². The largest absolute Gasteiger partial charge is 1.00 e. The van der Waals surface area contributed by atoms with Crippen LogP contribution >= 0.6 is 0 Å². The van der Waals surface area contributed by atoms with Crippen molar-refractivity contribution in [2.45, 2.75) is 32.1 Å². The van der Waals surface area contributed by atoms with Crippen LogP contribution in [0.3, 0.4) is 0 Å². The predicted octanol–water partition coefficient (Wildman–Crippen LogP) is -4.65. The Balaban J connectivity index is 0. The van der Waals surface area contributed by atoms with Crippen molar-refractivity contribution in [3.05, 3.63) is 36.1 Å². The third kappa shape index (κ3) is 14.8. The quantitative estimate of drug-likeness (QED) is 0.186. The minimum atomic E-state index is -4.20. The van der Waals surface area contributed by atoms with E-state index >= 15 is 0 Å². The van der Waals surface area contributed by atoms with E-state index in [0.29, 0.717) is 32.4 Å². The van der Waals surface area contributed by atoms with Gasteiger partial charge in [0.2, 0.25) is 0 Å². The summed E-state index contributed by atoms with van der Waals surface area (Å²) in [5.74, 6) is -0.776. The summed E-state index contributed by atoms with van der Waals surface area (Å²) in [4.78, 5) is 2.03. The van der Waals surface area contributed by atoms with Gasteiger partial charge in [-0.3, -0.25) is 0 Å². The summed E-state index contributed by atoms with van der Waals surface area (Å²) < 4.78 is 63.8. The van der Waals surface area contributed by atoms with Crippen LogP contribution in [0.5, 0.6) is 0 Å².